The Morgan fingerprint density at radius 1 is 0.457 bits per heavy atom. The Bertz CT molecular complexity index is 2280. The summed E-state index contributed by atoms with van der Waals surface area (Å²) in [5, 5.41) is -0.945. The number of nitrogens with zero attached hydrogens (tertiary/aromatic N) is 1. The second-order valence-electron chi connectivity index (χ2n) is 7.48. The van der Waals surface area contributed by atoms with Gasteiger partial charge in [-0.25, -0.2) is 0 Å². The normalized spacial score (nSPS) is 16.9. The molecule has 0 fully saturated rings. The molecule has 0 spiro atoms. The molecule has 6 aromatic rings. The van der Waals surface area contributed by atoms with Crippen LogP contribution in [0, 0.1) is 0 Å². The van der Waals surface area contributed by atoms with E-state index in [4.69, 9.17) is 15.1 Å². The molecule has 0 radical (unpaired) electrons. The summed E-state index contributed by atoms with van der Waals surface area (Å²) in [5.41, 5.74) is -1.37. The molecular weight excluding hydrogens is 422 g/mol. The van der Waals surface area contributed by atoms with Crippen LogP contribution >= 0.6 is 0 Å². The van der Waals surface area contributed by atoms with Crippen LogP contribution in [-0.2, 0) is 0 Å². The summed E-state index contributed by atoms with van der Waals surface area (Å²) < 4.78 is 131. The molecule has 0 saturated carbocycles. The fourth-order valence-electron chi connectivity index (χ4n) is 3.82. The van der Waals surface area contributed by atoms with E-state index < -0.39 is 124 Å². The van der Waals surface area contributed by atoms with Crippen molar-refractivity contribution in [3.63, 3.8) is 0 Å². The third kappa shape index (κ3) is 4.09. The van der Waals surface area contributed by atoms with Crippen LogP contribution in [0.25, 0.3) is 33.0 Å². The van der Waals surface area contributed by atoms with Crippen molar-refractivity contribution in [3.8, 4) is 22.3 Å². The maximum Gasteiger partial charge on any atom is 0.0645 e. The number of anilines is 3. The first-order valence-corrected chi connectivity index (χ1v) is 10.7. The lowest BCUT2D eigenvalue weighted by Gasteiger charge is -2.25. The monoisotopic (exact) mass is 462 g/mol. The molecule has 0 atom stereocenters. The molecule has 0 unspecified atom stereocenters. The molecule has 0 heterocycles. The van der Waals surface area contributed by atoms with Gasteiger partial charge in [0.2, 0.25) is 0 Å². The minimum Gasteiger partial charge on any atom is -0.311 e. The van der Waals surface area contributed by atoms with Crippen molar-refractivity contribution in [2.75, 3.05) is 4.90 Å². The Kier molecular flexibility index (Phi) is 2.75. The second-order valence-corrected chi connectivity index (χ2v) is 7.48. The van der Waals surface area contributed by atoms with Gasteiger partial charge in [-0.15, -0.1) is 0 Å². The van der Waals surface area contributed by atoms with E-state index in [1.807, 2.05) is 0 Å². The number of hydrogen-bond donors (Lipinski definition) is 0. The van der Waals surface area contributed by atoms with Crippen LogP contribution in [0.5, 0.6) is 0 Å². The Morgan fingerprint density at radius 3 is 1.71 bits per heavy atom. The highest BCUT2D eigenvalue weighted by molar-refractivity contribution is 6.04. The molecule has 0 bridgehead atoms. The maximum absolute atomic E-state index is 9.25. The summed E-state index contributed by atoms with van der Waals surface area (Å²) in [6.45, 7) is 0. The minimum absolute atomic E-state index is 0.161. The summed E-state index contributed by atoms with van der Waals surface area (Å²) >= 11 is 0. The highest BCUT2D eigenvalue weighted by Crippen LogP contribution is 2.40. The van der Waals surface area contributed by atoms with Crippen LogP contribution in [0.15, 0.2) is 151 Å². The molecule has 0 aliphatic heterocycles. The molecule has 0 aliphatic carbocycles. The largest absolute Gasteiger partial charge is 0.311 e. The Balaban J connectivity index is 1.85. The molecular formula is C34H25N. The molecule has 166 valence electrons. The van der Waals surface area contributed by atoms with Gasteiger partial charge in [0, 0.05) is 17.1 Å². The Morgan fingerprint density at radius 2 is 1.06 bits per heavy atom. The van der Waals surface area contributed by atoms with Crippen LogP contribution in [0.4, 0.5) is 17.1 Å². The second kappa shape index (κ2) is 9.32. The summed E-state index contributed by atoms with van der Waals surface area (Å²) in [6.07, 6.45) is 0. The zero-order valence-electron chi connectivity index (χ0n) is 33.2. The lowest BCUT2D eigenvalue weighted by molar-refractivity contribution is 1.28. The average Bonchev–Trinajstić information content (AvgIpc) is 3.12. The molecule has 1 heteroatoms. The van der Waals surface area contributed by atoms with Crippen molar-refractivity contribution in [3.05, 3.63) is 151 Å². The number of hydrogen-bond acceptors (Lipinski definition) is 1. The van der Waals surface area contributed by atoms with Gasteiger partial charge in [-0.05, 0) is 69.4 Å². The number of rotatable bonds is 5. The van der Waals surface area contributed by atoms with Gasteiger partial charge in [0.05, 0.1) is 20.6 Å². The van der Waals surface area contributed by atoms with E-state index in [1.54, 1.807) is 60.7 Å². The molecule has 1 nitrogen and oxygen atoms in total. The van der Waals surface area contributed by atoms with E-state index in [0.717, 1.165) is 0 Å². The topological polar surface area (TPSA) is 3.24 Å². The maximum atomic E-state index is 9.25. The van der Waals surface area contributed by atoms with Crippen molar-refractivity contribution >= 4 is 27.8 Å². The average molecular weight is 463 g/mol. The highest BCUT2D eigenvalue weighted by atomic mass is 15.1. The molecule has 0 saturated heterocycles. The molecule has 35 heavy (non-hydrogen) atoms. The van der Waals surface area contributed by atoms with Gasteiger partial charge in [0.1, 0.15) is 0 Å². The predicted molar refractivity (Wildman–Crippen MR) is 150 cm³/mol. The number of benzene rings is 6. The molecule has 6 rings (SSSR count). The zero-order valence-corrected chi connectivity index (χ0v) is 18.2. The summed E-state index contributed by atoms with van der Waals surface area (Å²) in [6, 6.07) is 6.41. The van der Waals surface area contributed by atoms with Gasteiger partial charge < -0.3 is 4.90 Å². The predicted octanol–water partition coefficient (Wildman–Crippen LogP) is 9.64. The summed E-state index contributed by atoms with van der Waals surface area (Å²) in [7, 11) is 0. The summed E-state index contributed by atoms with van der Waals surface area (Å²) in [5.74, 6) is 0. The Labute approximate surface area is 227 Å². The first-order chi connectivity index (χ1) is 23.6. The molecule has 0 aliphatic rings. The smallest absolute Gasteiger partial charge is 0.0645 e. The third-order valence-corrected chi connectivity index (χ3v) is 5.36. The van der Waals surface area contributed by atoms with Gasteiger partial charge >= 0.3 is 0 Å². The van der Waals surface area contributed by atoms with Gasteiger partial charge in [-0.3, -0.25) is 0 Å². The molecule has 0 aromatic heterocycles. The van der Waals surface area contributed by atoms with Crippen LogP contribution in [0.2, 0.25) is 0 Å². The van der Waals surface area contributed by atoms with E-state index >= 15 is 0 Å². The first kappa shape index (κ1) is 10.3. The van der Waals surface area contributed by atoms with Gasteiger partial charge in [0.15, 0.2) is 0 Å². The van der Waals surface area contributed by atoms with E-state index in [9.17, 15) is 5.48 Å². The van der Waals surface area contributed by atoms with Crippen LogP contribution in [-0.4, -0.2) is 0 Å². The number of para-hydroxylation sites is 2. The van der Waals surface area contributed by atoms with E-state index in [0.29, 0.717) is 11.4 Å². The van der Waals surface area contributed by atoms with E-state index in [1.165, 1.54) is 4.90 Å². The van der Waals surface area contributed by atoms with Crippen LogP contribution in [0.1, 0.15) is 20.6 Å². The standard InChI is InChI=1S/C34H25N/c1-4-13-28(14-5-1)34-32-19-11-10-12-26(32)22-25-33(34)27-20-23-31(24-21-27)35(29-15-6-2-7-16-29)30-17-8-3-9-18-30/h1-25H/i1D,4D,5D,10D,11D,12D,13D,14D,19D,20D,21D,22D,23D,24D,25D. The minimum atomic E-state index is -0.797. The molecule has 0 amide bonds. The van der Waals surface area contributed by atoms with E-state index in [-0.39, 0.29) is 5.69 Å². The lowest BCUT2D eigenvalue weighted by atomic mass is 9.90. The summed E-state index contributed by atoms with van der Waals surface area (Å²) in [4.78, 5) is 1.52. The van der Waals surface area contributed by atoms with Crippen molar-refractivity contribution in [2.24, 2.45) is 0 Å². The van der Waals surface area contributed by atoms with Gasteiger partial charge in [0.25, 0.3) is 0 Å². The quantitative estimate of drug-likeness (QED) is 0.246. The van der Waals surface area contributed by atoms with Crippen molar-refractivity contribution in [1.82, 2.24) is 0 Å². The van der Waals surface area contributed by atoms with Gasteiger partial charge in [-0.2, -0.15) is 0 Å². The van der Waals surface area contributed by atoms with Crippen LogP contribution in [0.3, 0.4) is 0 Å². The fourth-order valence-corrected chi connectivity index (χ4v) is 3.82. The first-order valence-electron chi connectivity index (χ1n) is 18.2. The third-order valence-electron chi connectivity index (χ3n) is 5.36. The number of fused-ring (bicyclic) bond motifs is 1. The zero-order chi connectivity index (χ0) is 36.5. The SMILES string of the molecule is [2H]c1c([2H])c([2H])c(-c2c(-c3c([2H])c([2H])c(N(c4ccccc4)c4ccccc4)c([2H])c3[2H])c([2H])c([2H])c3c([2H])c([2H])c([2H])c([2H])c23)c([2H])c1[2H]. The van der Waals surface area contributed by atoms with Gasteiger partial charge in [-0.1, -0.05) is 115 Å². The lowest BCUT2D eigenvalue weighted by Crippen LogP contribution is -2.09. The molecule has 0 N–H and O–H groups in total. The van der Waals surface area contributed by atoms with E-state index in [2.05, 4.69) is 0 Å². The fraction of sp³-hybridized carbons (Fsp3) is 0. The van der Waals surface area contributed by atoms with Crippen molar-refractivity contribution in [2.45, 2.75) is 0 Å². The molecule has 6 aromatic carbocycles. The van der Waals surface area contributed by atoms with Crippen LogP contribution < -0.4 is 4.90 Å². The van der Waals surface area contributed by atoms with Crippen molar-refractivity contribution < 1.29 is 20.6 Å². The van der Waals surface area contributed by atoms with Crippen molar-refractivity contribution in [1.29, 1.82) is 0 Å². The highest BCUT2D eigenvalue weighted by Gasteiger charge is 2.14. The Hall–Kier alpha value is -4.62.